The Hall–Kier alpha value is -1.55. The maximum atomic E-state index is 11.1. The Morgan fingerprint density at radius 2 is 2.31 bits per heavy atom. The van der Waals surface area contributed by atoms with Crippen LogP contribution in [0.3, 0.4) is 0 Å². The SMILES string of the molecule is NCc1cccc(N2CCC(C(N)=O)C2)c1. The fraction of sp³-hybridized carbons (Fsp3) is 0.417. The van der Waals surface area contributed by atoms with Crippen LogP contribution < -0.4 is 16.4 Å². The van der Waals surface area contributed by atoms with Crippen LogP contribution in [0.25, 0.3) is 0 Å². The number of nitrogens with two attached hydrogens (primary N) is 2. The Bertz CT molecular complexity index is 392. The minimum absolute atomic E-state index is 0.0125. The lowest BCUT2D eigenvalue weighted by Gasteiger charge is -2.18. The Balaban J connectivity index is 2.11. The van der Waals surface area contributed by atoms with Crippen molar-refractivity contribution in [3.8, 4) is 0 Å². The van der Waals surface area contributed by atoms with Crippen molar-refractivity contribution in [2.24, 2.45) is 17.4 Å². The minimum atomic E-state index is -0.197. The molecule has 4 heteroatoms. The molecule has 1 unspecified atom stereocenters. The topological polar surface area (TPSA) is 72.3 Å². The number of primary amides is 1. The molecule has 0 aromatic heterocycles. The summed E-state index contributed by atoms with van der Waals surface area (Å²) in [6.45, 7) is 2.16. The number of nitrogens with zero attached hydrogens (tertiary/aromatic N) is 1. The van der Waals surface area contributed by atoms with Gasteiger partial charge in [-0.1, -0.05) is 12.1 Å². The molecule has 4 nitrogen and oxygen atoms in total. The first kappa shape index (κ1) is 11.0. The number of carbonyl (C=O) groups is 1. The molecule has 1 aliphatic heterocycles. The summed E-state index contributed by atoms with van der Waals surface area (Å²) in [4.78, 5) is 13.3. The van der Waals surface area contributed by atoms with Crippen molar-refractivity contribution in [2.75, 3.05) is 18.0 Å². The maximum Gasteiger partial charge on any atom is 0.222 e. The monoisotopic (exact) mass is 219 g/mol. The molecule has 1 aromatic carbocycles. The molecule has 1 aromatic rings. The van der Waals surface area contributed by atoms with Gasteiger partial charge in [0.25, 0.3) is 0 Å². The zero-order chi connectivity index (χ0) is 11.5. The summed E-state index contributed by atoms with van der Waals surface area (Å²) in [6.07, 6.45) is 0.849. The van der Waals surface area contributed by atoms with Crippen LogP contribution >= 0.6 is 0 Å². The van der Waals surface area contributed by atoms with Crippen LogP contribution in [-0.2, 0) is 11.3 Å². The van der Waals surface area contributed by atoms with E-state index in [0.717, 1.165) is 30.8 Å². The van der Waals surface area contributed by atoms with Crippen molar-refractivity contribution in [3.05, 3.63) is 29.8 Å². The standard InChI is InChI=1S/C12H17N3O/c13-7-9-2-1-3-11(6-9)15-5-4-10(8-15)12(14)16/h1-3,6,10H,4-5,7-8,13H2,(H2,14,16). The zero-order valence-corrected chi connectivity index (χ0v) is 9.23. The quantitative estimate of drug-likeness (QED) is 0.775. The predicted octanol–water partition coefficient (Wildman–Crippen LogP) is 0.457. The summed E-state index contributed by atoms with van der Waals surface area (Å²) in [5, 5.41) is 0. The van der Waals surface area contributed by atoms with Crippen LogP contribution in [0, 0.1) is 5.92 Å². The van der Waals surface area contributed by atoms with E-state index in [1.54, 1.807) is 0 Å². The van der Waals surface area contributed by atoms with Crippen LogP contribution in [0.4, 0.5) is 5.69 Å². The molecular weight excluding hydrogens is 202 g/mol. The molecule has 1 heterocycles. The first-order chi connectivity index (χ1) is 7.70. The molecule has 0 aliphatic carbocycles. The minimum Gasteiger partial charge on any atom is -0.371 e. The van der Waals surface area contributed by atoms with Gasteiger partial charge in [0.1, 0.15) is 0 Å². The lowest BCUT2D eigenvalue weighted by Crippen LogP contribution is -2.27. The molecule has 1 atom stereocenters. The van der Waals surface area contributed by atoms with Crippen molar-refractivity contribution in [1.29, 1.82) is 0 Å². The number of amides is 1. The highest BCUT2D eigenvalue weighted by atomic mass is 16.1. The third kappa shape index (κ3) is 2.17. The maximum absolute atomic E-state index is 11.1. The summed E-state index contributed by atoms with van der Waals surface area (Å²) >= 11 is 0. The summed E-state index contributed by atoms with van der Waals surface area (Å²) in [7, 11) is 0. The van der Waals surface area contributed by atoms with Gasteiger partial charge in [0, 0.05) is 25.3 Å². The zero-order valence-electron chi connectivity index (χ0n) is 9.23. The Morgan fingerprint density at radius 1 is 1.50 bits per heavy atom. The molecule has 16 heavy (non-hydrogen) atoms. The van der Waals surface area contributed by atoms with Crippen molar-refractivity contribution in [2.45, 2.75) is 13.0 Å². The van der Waals surface area contributed by atoms with E-state index in [0.29, 0.717) is 6.54 Å². The Kier molecular flexibility index (Phi) is 3.10. The van der Waals surface area contributed by atoms with Crippen LogP contribution in [0.2, 0.25) is 0 Å². The van der Waals surface area contributed by atoms with E-state index in [1.807, 2.05) is 18.2 Å². The van der Waals surface area contributed by atoms with Crippen molar-refractivity contribution in [3.63, 3.8) is 0 Å². The molecule has 86 valence electrons. The molecule has 4 N–H and O–H groups in total. The van der Waals surface area contributed by atoms with Gasteiger partial charge in [-0.25, -0.2) is 0 Å². The normalized spacial score (nSPS) is 20.1. The highest BCUT2D eigenvalue weighted by Gasteiger charge is 2.26. The summed E-state index contributed by atoms with van der Waals surface area (Å²) < 4.78 is 0. The summed E-state index contributed by atoms with van der Waals surface area (Å²) in [5.74, 6) is -0.209. The molecule has 1 amide bonds. The number of hydrogen-bond donors (Lipinski definition) is 2. The fourth-order valence-electron chi connectivity index (χ4n) is 2.11. The van der Waals surface area contributed by atoms with Crippen molar-refractivity contribution in [1.82, 2.24) is 0 Å². The number of carbonyl (C=O) groups excluding carboxylic acids is 1. The lowest BCUT2D eigenvalue weighted by molar-refractivity contribution is -0.121. The van der Waals surface area contributed by atoms with E-state index in [-0.39, 0.29) is 11.8 Å². The number of hydrogen-bond acceptors (Lipinski definition) is 3. The molecule has 1 fully saturated rings. The van der Waals surface area contributed by atoms with E-state index < -0.39 is 0 Å². The first-order valence-corrected chi connectivity index (χ1v) is 5.54. The van der Waals surface area contributed by atoms with Crippen molar-refractivity contribution >= 4 is 11.6 Å². The highest BCUT2D eigenvalue weighted by molar-refractivity contribution is 5.78. The van der Waals surface area contributed by atoms with Gasteiger partial charge in [0.15, 0.2) is 0 Å². The molecule has 0 bridgehead atoms. The second-order valence-corrected chi connectivity index (χ2v) is 4.21. The molecular formula is C12H17N3O. The Labute approximate surface area is 95.2 Å². The van der Waals surface area contributed by atoms with Gasteiger partial charge in [-0.3, -0.25) is 4.79 Å². The van der Waals surface area contributed by atoms with Crippen LogP contribution in [0.15, 0.2) is 24.3 Å². The summed E-state index contributed by atoms with van der Waals surface area (Å²) in [5.41, 5.74) is 13.2. The number of benzene rings is 1. The summed E-state index contributed by atoms with van der Waals surface area (Å²) in [6, 6.07) is 8.12. The van der Waals surface area contributed by atoms with Crippen LogP contribution in [0.5, 0.6) is 0 Å². The van der Waals surface area contributed by atoms with Crippen molar-refractivity contribution < 1.29 is 4.79 Å². The van der Waals surface area contributed by atoms with Crippen LogP contribution in [0.1, 0.15) is 12.0 Å². The predicted molar refractivity (Wildman–Crippen MR) is 63.8 cm³/mol. The Morgan fingerprint density at radius 3 is 2.94 bits per heavy atom. The average molecular weight is 219 g/mol. The third-order valence-electron chi connectivity index (χ3n) is 3.10. The van der Waals surface area contributed by atoms with Crippen LogP contribution in [-0.4, -0.2) is 19.0 Å². The number of rotatable bonds is 3. The van der Waals surface area contributed by atoms with Gasteiger partial charge < -0.3 is 16.4 Å². The molecule has 0 radical (unpaired) electrons. The van der Waals surface area contributed by atoms with Gasteiger partial charge in [-0.2, -0.15) is 0 Å². The highest BCUT2D eigenvalue weighted by Crippen LogP contribution is 2.24. The fourth-order valence-corrected chi connectivity index (χ4v) is 2.11. The van der Waals surface area contributed by atoms with E-state index >= 15 is 0 Å². The first-order valence-electron chi connectivity index (χ1n) is 5.54. The van der Waals surface area contributed by atoms with Gasteiger partial charge in [-0.05, 0) is 24.1 Å². The largest absolute Gasteiger partial charge is 0.371 e. The van der Waals surface area contributed by atoms with Gasteiger partial charge in [0.05, 0.1) is 5.92 Å². The molecule has 0 saturated carbocycles. The third-order valence-corrected chi connectivity index (χ3v) is 3.10. The molecule has 1 saturated heterocycles. The molecule has 1 aliphatic rings. The van der Waals surface area contributed by atoms with Gasteiger partial charge in [0.2, 0.25) is 5.91 Å². The number of anilines is 1. The second kappa shape index (κ2) is 4.53. The second-order valence-electron chi connectivity index (χ2n) is 4.21. The van der Waals surface area contributed by atoms with E-state index in [4.69, 9.17) is 11.5 Å². The van der Waals surface area contributed by atoms with Gasteiger partial charge in [-0.15, -0.1) is 0 Å². The van der Waals surface area contributed by atoms with E-state index in [1.165, 1.54) is 0 Å². The molecule has 0 spiro atoms. The van der Waals surface area contributed by atoms with Gasteiger partial charge >= 0.3 is 0 Å². The van der Waals surface area contributed by atoms with E-state index in [2.05, 4.69) is 11.0 Å². The lowest BCUT2D eigenvalue weighted by atomic mass is 10.1. The smallest absolute Gasteiger partial charge is 0.222 e. The van der Waals surface area contributed by atoms with E-state index in [9.17, 15) is 4.79 Å². The molecule has 2 rings (SSSR count). The average Bonchev–Trinajstić information content (AvgIpc) is 2.78.